The lowest BCUT2D eigenvalue weighted by atomic mass is 10.2. The summed E-state index contributed by atoms with van der Waals surface area (Å²) in [7, 11) is 4.94. The molecule has 0 fully saturated rings. The minimum atomic E-state index is -4.57. The Labute approximate surface area is 311 Å². The van der Waals surface area contributed by atoms with Crippen molar-refractivity contribution in [2.45, 2.75) is 6.18 Å². The third kappa shape index (κ3) is 10.1. The van der Waals surface area contributed by atoms with Gasteiger partial charge >= 0.3 is 12.2 Å². The second-order valence-corrected chi connectivity index (χ2v) is 11.6. The highest BCUT2D eigenvalue weighted by Gasteiger charge is 2.31. The number of carbonyl (C=O) groups excluding carboxylic acids is 1. The highest BCUT2D eigenvalue weighted by molar-refractivity contribution is 6.00. The smallest absolute Gasteiger partial charge is 0.416 e. The highest BCUT2D eigenvalue weighted by atomic mass is 19.4. The van der Waals surface area contributed by atoms with Crippen LogP contribution in [-0.4, -0.2) is 52.6 Å². The molecule has 7 rings (SSSR count). The van der Waals surface area contributed by atoms with Crippen LogP contribution in [-0.2, 0) is 20.3 Å². The van der Waals surface area contributed by atoms with Gasteiger partial charge in [0.25, 0.3) is 0 Å². The molecule has 4 aromatic heterocycles. The number of carbonyl (C=O) groups is 1. The first-order valence-electron chi connectivity index (χ1n) is 16.2. The summed E-state index contributed by atoms with van der Waals surface area (Å²) in [4.78, 5) is 29.1. The number of amides is 2. The molecule has 0 saturated carbocycles. The average molecular weight is 752 g/mol. The SMILES string of the molecule is COc1ccc(C(F)(F)F)cc1NC(=O)Nc1cccc(Oc2cc(-c3cnn(C)c3)ncn2)c1.Cn1cc(-c2cc(Oc3cccc(N)c3)ncn2)cn1. The number of methoxy groups -OCH3 is 1. The number of alkyl halides is 3. The number of nitrogens with one attached hydrogen (secondary N) is 2. The van der Waals surface area contributed by atoms with Crippen LogP contribution in [0, 0.1) is 0 Å². The maximum atomic E-state index is 13.0. The molecule has 0 aliphatic heterocycles. The van der Waals surface area contributed by atoms with Gasteiger partial charge in [-0.2, -0.15) is 23.4 Å². The summed E-state index contributed by atoms with van der Waals surface area (Å²) in [5.74, 6) is 1.83. The zero-order chi connectivity index (χ0) is 39.0. The number of hydrogen-bond acceptors (Lipinski definition) is 11. The first kappa shape index (κ1) is 37.3. The van der Waals surface area contributed by atoms with Crippen LogP contribution in [0.25, 0.3) is 22.5 Å². The largest absolute Gasteiger partial charge is 0.495 e. The van der Waals surface area contributed by atoms with Crippen molar-refractivity contribution in [2.75, 3.05) is 23.5 Å². The van der Waals surface area contributed by atoms with E-state index in [-0.39, 0.29) is 17.3 Å². The summed E-state index contributed by atoms with van der Waals surface area (Å²) in [6, 6.07) is 19.1. The van der Waals surface area contributed by atoms with Gasteiger partial charge in [-0.05, 0) is 42.5 Å². The van der Waals surface area contributed by atoms with E-state index in [2.05, 4.69) is 40.8 Å². The monoisotopic (exact) mass is 751 g/mol. The van der Waals surface area contributed by atoms with Crippen molar-refractivity contribution in [3.8, 4) is 51.5 Å². The van der Waals surface area contributed by atoms with Gasteiger partial charge in [-0.15, -0.1) is 0 Å². The molecule has 280 valence electrons. The van der Waals surface area contributed by atoms with Crippen LogP contribution in [0.4, 0.5) is 35.0 Å². The molecule has 2 amide bonds. The predicted octanol–water partition coefficient (Wildman–Crippen LogP) is 7.59. The van der Waals surface area contributed by atoms with Crippen molar-refractivity contribution in [3.63, 3.8) is 0 Å². The van der Waals surface area contributed by atoms with Crippen LogP contribution in [0.1, 0.15) is 5.56 Å². The average Bonchev–Trinajstić information content (AvgIpc) is 3.80. The van der Waals surface area contributed by atoms with Crippen molar-refractivity contribution in [1.29, 1.82) is 0 Å². The van der Waals surface area contributed by atoms with Gasteiger partial charge in [0, 0.05) is 73.3 Å². The lowest BCUT2D eigenvalue weighted by Crippen LogP contribution is -2.20. The fraction of sp³-hybridized carbons (Fsp3) is 0.108. The third-order valence-electron chi connectivity index (χ3n) is 7.46. The first-order chi connectivity index (χ1) is 26.4. The fourth-order valence-electron chi connectivity index (χ4n) is 4.94. The number of hydrogen-bond donors (Lipinski definition) is 3. The van der Waals surface area contributed by atoms with Crippen molar-refractivity contribution in [1.82, 2.24) is 39.5 Å². The molecule has 0 radical (unpaired) electrons. The van der Waals surface area contributed by atoms with E-state index in [4.69, 9.17) is 19.9 Å². The van der Waals surface area contributed by atoms with Crippen LogP contribution >= 0.6 is 0 Å². The van der Waals surface area contributed by atoms with Gasteiger partial charge in [0.1, 0.15) is 29.9 Å². The number of aryl methyl sites for hydroxylation is 2. The lowest BCUT2D eigenvalue weighted by Gasteiger charge is -2.14. The summed E-state index contributed by atoms with van der Waals surface area (Å²) in [6.07, 6.45) is 5.34. The summed E-state index contributed by atoms with van der Waals surface area (Å²) in [6.45, 7) is 0. The molecule has 0 atom stereocenters. The quantitative estimate of drug-likeness (QED) is 0.124. The Morgan fingerprint density at radius 3 is 1.84 bits per heavy atom. The standard InChI is InChI=1S/C23H19F3N6O3.C14H13N5O/c1-32-12-14(11-29-32)18-10-21(28-13-27-18)35-17-5-3-4-16(9-17)30-22(33)31-19-8-15(23(24,25)26)6-7-20(19)34-2;1-19-8-10(7-18-19)13-6-14(17-9-16-13)20-12-4-2-3-11(15)5-12/h3-13H,1-2H3,(H2,30,31,33);2-9H,15H2,1H3. The summed E-state index contributed by atoms with van der Waals surface area (Å²) in [5.41, 5.74) is 8.72. The number of rotatable bonds is 9. The molecule has 3 aromatic carbocycles. The van der Waals surface area contributed by atoms with Crippen LogP contribution in [0.15, 0.2) is 116 Å². The second kappa shape index (κ2) is 16.4. The van der Waals surface area contributed by atoms with Gasteiger partial charge in [-0.1, -0.05) is 12.1 Å². The van der Waals surface area contributed by atoms with Gasteiger partial charge in [0.2, 0.25) is 11.8 Å². The van der Waals surface area contributed by atoms with Crippen molar-refractivity contribution in [2.24, 2.45) is 14.1 Å². The second-order valence-electron chi connectivity index (χ2n) is 11.6. The van der Waals surface area contributed by atoms with Crippen molar-refractivity contribution in [3.05, 3.63) is 122 Å². The number of urea groups is 1. The van der Waals surface area contributed by atoms with Gasteiger partial charge in [-0.25, -0.2) is 24.7 Å². The molecule has 55 heavy (non-hydrogen) atoms. The zero-order valence-corrected chi connectivity index (χ0v) is 29.4. The van der Waals surface area contributed by atoms with Crippen LogP contribution in [0.5, 0.6) is 29.0 Å². The molecule has 0 aliphatic carbocycles. The minimum Gasteiger partial charge on any atom is -0.495 e. The topological polar surface area (TPSA) is 182 Å². The van der Waals surface area contributed by atoms with Crippen molar-refractivity contribution < 1.29 is 32.2 Å². The van der Waals surface area contributed by atoms with Crippen LogP contribution in [0.2, 0.25) is 0 Å². The minimum absolute atomic E-state index is 0.0819. The summed E-state index contributed by atoms with van der Waals surface area (Å²) >= 11 is 0. The molecule has 15 nitrogen and oxygen atoms in total. The molecule has 0 bridgehead atoms. The zero-order valence-electron chi connectivity index (χ0n) is 29.4. The summed E-state index contributed by atoms with van der Waals surface area (Å²) < 4.78 is 59.0. The van der Waals surface area contributed by atoms with Gasteiger partial charge in [0.05, 0.1) is 42.1 Å². The number of nitrogens with two attached hydrogens (primary N) is 1. The number of aromatic nitrogens is 8. The Bertz CT molecular complexity index is 2420. The highest BCUT2D eigenvalue weighted by Crippen LogP contribution is 2.35. The van der Waals surface area contributed by atoms with E-state index < -0.39 is 17.8 Å². The molecule has 0 aliphatic rings. The number of ether oxygens (including phenoxy) is 3. The molecule has 4 heterocycles. The third-order valence-corrected chi connectivity index (χ3v) is 7.46. The van der Waals surface area contributed by atoms with E-state index in [0.717, 1.165) is 35.0 Å². The van der Waals surface area contributed by atoms with Gasteiger partial charge in [-0.3, -0.25) is 9.36 Å². The Morgan fingerprint density at radius 2 is 1.31 bits per heavy atom. The normalized spacial score (nSPS) is 10.9. The predicted molar refractivity (Wildman–Crippen MR) is 197 cm³/mol. The lowest BCUT2D eigenvalue weighted by molar-refractivity contribution is -0.137. The molecule has 0 saturated heterocycles. The molecule has 0 spiro atoms. The molecule has 4 N–H and O–H groups in total. The number of halogens is 3. The molecule has 7 aromatic rings. The van der Waals surface area contributed by atoms with Crippen molar-refractivity contribution >= 4 is 23.1 Å². The Morgan fingerprint density at radius 1 is 0.727 bits per heavy atom. The Balaban J connectivity index is 0.000000217. The Kier molecular flexibility index (Phi) is 11.1. The number of nitrogens with zero attached hydrogens (tertiary/aromatic N) is 8. The molecule has 18 heteroatoms. The molecular formula is C37H32F3N11O4. The van der Waals surface area contributed by atoms with E-state index in [0.29, 0.717) is 34.4 Å². The Hall–Kier alpha value is -7.50. The first-order valence-corrected chi connectivity index (χ1v) is 16.2. The number of nitrogen functional groups attached to an aromatic ring is 1. The van der Waals surface area contributed by atoms with Gasteiger partial charge in [0.15, 0.2) is 0 Å². The van der Waals surface area contributed by atoms with E-state index in [1.807, 2.05) is 25.4 Å². The number of anilines is 3. The maximum absolute atomic E-state index is 13.0. The van der Waals surface area contributed by atoms with E-state index in [9.17, 15) is 18.0 Å². The maximum Gasteiger partial charge on any atom is 0.416 e. The summed E-state index contributed by atoms with van der Waals surface area (Å²) in [5, 5.41) is 13.2. The fourth-order valence-corrected chi connectivity index (χ4v) is 4.94. The molecular weight excluding hydrogens is 719 g/mol. The van der Waals surface area contributed by atoms with E-state index in [1.54, 1.807) is 77.5 Å². The molecule has 0 unspecified atom stereocenters. The van der Waals surface area contributed by atoms with Crippen LogP contribution < -0.4 is 30.6 Å². The van der Waals surface area contributed by atoms with E-state index >= 15 is 0 Å². The number of benzene rings is 3. The van der Waals surface area contributed by atoms with Gasteiger partial charge < -0.3 is 30.6 Å². The van der Waals surface area contributed by atoms with E-state index in [1.165, 1.54) is 25.8 Å². The van der Waals surface area contributed by atoms with Crippen LogP contribution in [0.3, 0.4) is 0 Å².